The Morgan fingerprint density at radius 1 is 1.57 bits per heavy atom. The number of nitrogens with zero attached hydrogens (tertiary/aromatic N) is 1. The van der Waals surface area contributed by atoms with Crippen molar-refractivity contribution in [1.29, 1.82) is 0 Å². The number of pyridine rings is 1. The largest absolute Gasteiger partial charge is 0.276 e. The Bertz CT molecular complexity index is 328. The van der Waals surface area contributed by atoms with Gasteiger partial charge in [-0.15, -0.1) is 0 Å². The molecule has 0 aromatic carbocycles. The molecule has 1 amide bonds. The predicted octanol–water partition coefficient (Wildman–Crippen LogP) is 1.91. The number of aromatic nitrogens is 1. The number of carbonyl (C=O) groups is 1. The van der Waals surface area contributed by atoms with Crippen molar-refractivity contribution < 1.29 is 9.63 Å². The summed E-state index contributed by atoms with van der Waals surface area (Å²) in [5, 5.41) is 0. The fourth-order valence-corrected chi connectivity index (χ4v) is 1.13. The molecule has 0 unspecified atom stereocenters. The van der Waals surface area contributed by atoms with Gasteiger partial charge < -0.3 is 0 Å². The van der Waals surface area contributed by atoms with Gasteiger partial charge in [-0.1, -0.05) is 0 Å². The lowest BCUT2D eigenvalue weighted by Gasteiger charge is -2.07. The molecule has 14 heavy (non-hydrogen) atoms. The van der Waals surface area contributed by atoms with E-state index in [1.54, 1.807) is 12.3 Å². The van der Waals surface area contributed by atoms with Gasteiger partial charge in [0.15, 0.2) is 0 Å². The third-order valence-corrected chi connectivity index (χ3v) is 1.79. The topological polar surface area (TPSA) is 51.2 Å². The van der Waals surface area contributed by atoms with Gasteiger partial charge in [-0.3, -0.25) is 14.6 Å². The average molecular weight is 259 g/mol. The number of nitrogens with one attached hydrogen (secondary N) is 1. The Morgan fingerprint density at radius 3 is 2.86 bits per heavy atom. The molecule has 76 valence electrons. The first-order valence-electron chi connectivity index (χ1n) is 4.16. The van der Waals surface area contributed by atoms with E-state index >= 15 is 0 Å². The van der Waals surface area contributed by atoms with Gasteiger partial charge >= 0.3 is 0 Å². The van der Waals surface area contributed by atoms with Gasteiger partial charge in [0, 0.05) is 16.9 Å². The summed E-state index contributed by atoms with van der Waals surface area (Å²) in [6.45, 7) is 3.67. The van der Waals surface area contributed by atoms with Gasteiger partial charge in [-0.05, 0) is 35.8 Å². The Hall–Kier alpha value is -0.940. The average Bonchev–Trinajstić information content (AvgIpc) is 2.14. The maximum absolute atomic E-state index is 11.4. The van der Waals surface area contributed by atoms with Crippen molar-refractivity contribution in [1.82, 2.24) is 10.5 Å². The molecule has 0 aliphatic rings. The minimum absolute atomic E-state index is 0.0425. The van der Waals surface area contributed by atoms with E-state index in [0.717, 1.165) is 4.47 Å². The Morgan fingerprint density at radius 2 is 2.29 bits per heavy atom. The van der Waals surface area contributed by atoms with Crippen LogP contribution in [0.1, 0.15) is 24.2 Å². The molecular formula is C9H11BrN2O2. The van der Waals surface area contributed by atoms with Gasteiger partial charge in [0.25, 0.3) is 5.91 Å². The molecule has 0 fully saturated rings. The SMILES string of the molecule is CC(C)ONC(=O)c1cncc(Br)c1. The third-order valence-electron chi connectivity index (χ3n) is 1.35. The monoisotopic (exact) mass is 258 g/mol. The molecule has 0 atom stereocenters. The standard InChI is InChI=1S/C9H11BrN2O2/c1-6(2)14-12-9(13)7-3-8(10)5-11-4-7/h3-6H,1-2H3,(H,12,13). The molecule has 4 nitrogen and oxygen atoms in total. The summed E-state index contributed by atoms with van der Waals surface area (Å²) in [5.74, 6) is -0.299. The lowest BCUT2D eigenvalue weighted by atomic mass is 10.3. The molecule has 1 aromatic heterocycles. The van der Waals surface area contributed by atoms with Crippen LogP contribution in [0.3, 0.4) is 0 Å². The molecule has 0 radical (unpaired) electrons. The maximum atomic E-state index is 11.4. The number of halogens is 1. The number of rotatable bonds is 3. The molecule has 0 spiro atoms. The van der Waals surface area contributed by atoms with Crippen LogP contribution < -0.4 is 5.48 Å². The van der Waals surface area contributed by atoms with Crippen LogP contribution in [-0.2, 0) is 4.84 Å². The molecule has 0 aliphatic heterocycles. The van der Waals surface area contributed by atoms with Crippen molar-refractivity contribution in [2.75, 3.05) is 0 Å². The summed E-state index contributed by atoms with van der Waals surface area (Å²) in [7, 11) is 0. The fraction of sp³-hybridized carbons (Fsp3) is 0.333. The summed E-state index contributed by atoms with van der Waals surface area (Å²) in [6.07, 6.45) is 3.04. The normalized spacial score (nSPS) is 10.3. The van der Waals surface area contributed by atoms with Crippen LogP contribution >= 0.6 is 15.9 Å². The smallest absolute Gasteiger partial charge is 0.271 e. The van der Waals surface area contributed by atoms with Crippen molar-refractivity contribution in [2.45, 2.75) is 20.0 Å². The second kappa shape index (κ2) is 5.07. The molecule has 0 saturated heterocycles. The zero-order valence-electron chi connectivity index (χ0n) is 7.95. The van der Waals surface area contributed by atoms with Gasteiger partial charge in [-0.2, -0.15) is 0 Å². The first kappa shape index (κ1) is 11.1. The quantitative estimate of drug-likeness (QED) is 0.843. The number of hydrogen-bond donors (Lipinski definition) is 1. The Balaban J connectivity index is 2.61. The lowest BCUT2D eigenvalue weighted by molar-refractivity contribution is 0.000161. The molecular weight excluding hydrogens is 248 g/mol. The zero-order valence-corrected chi connectivity index (χ0v) is 9.54. The van der Waals surface area contributed by atoms with Crippen molar-refractivity contribution in [3.8, 4) is 0 Å². The summed E-state index contributed by atoms with van der Waals surface area (Å²) in [5.41, 5.74) is 2.78. The predicted molar refractivity (Wildman–Crippen MR) is 55.6 cm³/mol. The zero-order chi connectivity index (χ0) is 10.6. The second-order valence-corrected chi connectivity index (χ2v) is 3.91. The molecule has 1 N–H and O–H groups in total. The van der Waals surface area contributed by atoms with Crippen LogP contribution in [0.4, 0.5) is 0 Å². The summed E-state index contributed by atoms with van der Waals surface area (Å²) < 4.78 is 0.759. The Labute approximate surface area is 90.8 Å². The number of carbonyl (C=O) groups excluding carboxylic acids is 1. The minimum Gasteiger partial charge on any atom is -0.271 e. The highest BCUT2D eigenvalue weighted by Crippen LogP contribution is 2.09. The number of hydroxylamine groups is 1. The molecule has 1 aromatic rings. The molecule has 0 saturated carbocycles. The van der Waals surface area contributed by atoms with Crippen molar-refractivity contribution >= 4 is 21.8 Å². The van der Waals surface area contributed by atoms with E-state index in [2.05, 4.69) is 26.4 Å². The van der Waals surface area contributed by atoms with Gasteiger partial charge in [0.2, 0.25) is 0 Å². The van der Waals surface area contributed by atoms with Crippen LogP contribution in [0.15, 0.2) is 22.9 Å². The fourth-order valence-electron chi connectivity index (χ4n) is 0.766. The molecule has 1 rings (SSSR count). The number of amides is 1. The van der Waals surface area contributed by atoms with Gasteiger partial charge in [0.05, 0.1) is 11.7 Å². The van der Waals surface area contributed by atoms with E-state index in [-0.39, 0.29) is 12.0 Å². The van der Waals surface area contributed by atoms with Crippen molar-refractivity contribution in [2.24, 2.45) is 0 Å². The summed E-state index contributed by atoms with van der Waals surface area (Å²) in [6, 6.07) is 1.67. The summed E-state index contributed by atoms with van der Waals surface area (Å²) >= 11 is 3.23. The number of hydrogen-bond acceptors (Lipinski definition) is 3. The second-order valence-electron chi connectivity index (χ2n) is 2.99. The van der Waals surface area contributed by atoms with Crippen molar-refractivity contribution in [3.63, 3.8) is 0 Å². The third kappa shape index (κ3) is 3.43. The highest BCUT2D eigenvalue weighted by atomic mass is 79.9. The van der Waals surface area contributed by atoms with Gasteiger partial charge in [0.1, 0.15) is 0 Å². The van der Waals surface area contributed by atoms with E-state index in [1.807, 2.05) is 13.8 Å². The molecule has 5 heteroatoms. The van der Waals surface area contributed by atoms with Crippen molar-refractivity contribution in [3.05, 3.63) is 28.5 Å². The highest BCUT2D eigenvalue weighted by molar-refractivity contribution is 9.10. The van der Waals surface area contributed by atoms with E-state index in [9.17, 15) is 4.79 Å². The van der Waals surface area contributed by atoms with Gasteiger partial charge in [-0.25, -0.2) is 5.48 Å². The minimum atomic E-state index is -0.299. The van der Waals surface area contributed by atoms with Crippen LogP contribution in [0.5, 0.6) is 0 Å². The first-order chi connectivity index (χ1) is 6.59. The van der Waals surface area contributed by atoms with Crippen LogP contribution in [0, 0.1) is 0 Å². The molecule has 0 bridgehead atoms. The summed E-state index contributed by atoms with van der Waals surface area (Å²) in [4.78, 5) is 20.2. The highest BCUT2D eigenvalue weighted by Gasteiger charge is 2.06. The maximum Gasteiger partial charge on any atom is 0.276 e. The lowest BCUT2D eigenvalue weighted by Crippen LogP contribution is -2.26. The van der Waals surface area contributed by atoms with Crippen LogP contribution in [-0.4, -0.2) is 17.0 Å². The van der Waals surface area contributed by atoms with E-state index in [1.165, 1.54) is 6.20 Å². The van der Waals surface area contributed by atoms with E-state index in [4.69, 9.17) is 4.84 Å². The Kier molecular flexibility index (Phi) is 4.03. The molecule has 0 aliphatic carbocycles. The molecule has 1 heterocycles. The van der Waals surface area contributed by atoms with Crippen LogP contribution in [0.2, 0.25) is 0 Å². The van der Waals surface area contributed by atoms with E-state index in [0.29, 0.717) is 5.56 Å². The van der Waals surface area contributed by atoms with Crippen LogP contribution in [0.25, 0.3) is 0 Å². The van der Waals surface area contributed by atoms with E-state index < -0.39 is 0 Å². The first-order valence-corrected chi connectivity index (χ1v) is 4.95.